The van der Waals surface area contributed by atoms with Crippen molar-refractivity contribution in [1.29, 1.82) is 0 Å². The monoisotopic (exact) mass is 132 g/mol. The van der Waals surface area contributed by atoms with Gasteiger partial charge in [0.15, 0.2) is 0 Å². The molecule has 0 bridgehead atoms. The summed E-state index contributed by atoms with van der Waals surface area (Å²) >= 11 is 0. The van der Waals surface area contributed by atoms with Crippen LogP contribution in [0.25, 0.3) is 0 Å². The highest BCUT2D eigenvalue weighted by Crippen LogP contribution is 1.97. The van der Waals surface area contributed by atoms with E-state index < -0.39 is 0 Å². The van der Waals surface area contributed by atoms with Crippen molar-refractivity contribution >= 4 is 0 Å². The Morgan fingerprint density at radius 1 is 1.44 bits per heavy atom. The first-order chi connectivity index (χ1) is 4.16. The highest BCUT2D eigenvalue weighted by Gasteiger charge is 2.01. The van der Waals surface area contributed by atoms with Crippen molar-refractivity contribution in [3.63, 3.8) is 0 Å². The molecule has 0 aliphatic rings. The molecule has 0 fully saturated rings. The Hall–Kier alpha value is -0.120. The fourth-order valence-electron chi connectivity index (χ4n) is 0.573. The second-order valence-corrected chi connectivity index (χ2v) is 2.44. The highest BCUT2D eigenvalue weighted by molar-refractivity contribution is 4.60. The maximum absolute atomic E-state index is 8.93. The summed E-state index contributed by atoms with van der Waals surface area (Å²) in [4.78, 5) is 0. The number of nitrogens with two attached hydrogens (primary N) is 2. The van der Waals surface area contributed by atoms with Gasteiger partial charge in [0, 0.05) is 12.6 Å². The van der Waals surface area contributed by atoms with Crippen LogP contribution < -0.4 is 11.5 Å². The van der Waals surface area contributed by atoms with Gasteiger partial charge in [-0.1, -0.05) is 0 Å². The predicted molar refractivity (Wildman–Crippen MR) is 37.9 cm³/mol. The lowest BCUT2D eigenvalue weighted by molar-refractivity contribution is 0.167. The van der Waals surface area contributed by atoms with E-state index in [9.17, 15) is 0 Å². The van der Waals surface area contributed by atoms with E-state index in [1.807, 2.05) is 6.92 Å². The van der Waals surface area contributed by atoms with E-state index in [-0.39, 0.29) is 12.1 Å². The van der Waals surface area contributed by atoms with Crippen LogP contribution in [0, 0.1) is 0 Å². The van der Waals surface area contributed by atoms with E-state index in [1.165, 1.54) is 0 Å². The number of rotatable bonds is 4. The molecule has 0 spiro atoms. The molecule has 0 amide bonds. The van der Waals surface area contributed by atoms with Crippen LogP contribution in [0.15, 0.2) is 0 Å². The molecule has 2 atom stereocenters. The summed E-state index contributed by atoms with van der Waals surface area (Å²) in [6.07, 6.45) is 1.20. The highest BCUT2D eigenvalue weighted by atomic mass is 16.3. The van der Waals surface area contributed by atoms with Gasteiger partial charge in [0.1, 0.15) is 0 Å². The maximum Gasteiger partial charge on any atom is 0.0663 e. The van der Waals surface area contributed by atoms with Crippen molar-refractivity contribution < 1.29 is 5.11 Å². The van der Waals surface area contributed by atoms with Gasteiger partial charge in [0.2, 0.25) is 0 Å². The first kappa shape index (κ1) is 8.88. The third-order valence-electron chi connectivity index (χ3n) is 1.23. The van der Waals surface area contributed by atoms with Crippen LogP contribution in [-0.4, -0.2) is 23.8 Å². The molecule has 0 radical (unpaired) electrons. The third-order valence-corrected chi connectivity index (χ3v) is 1.23. The van der Waals surface area contributed by atoms with Gasteiger partial charge >= 0.3 is 0 Å². The molecule has 0 heterocycles. The largest absolute Gasteiger partial charge is 0.392 e. The van der Waals surface area contributed by atoms with Gasteiger partial charge in [-0.05, 0) is 19.8 Å². The van der Waals surface area contributed by atoms with E-state index in [4.69, 9.17) is 16.6 Å². The van der Waals surface area contributed by atoms with Crippen LogP contribution in [-0.2, 0) is 0 Å². The number of hydrogen-bond acceptors (Lipinski definition) is 3. The SMILES string of the molecule is C[C@@H](N)CCC(O)CN. The lowest BCUT2D eigenvalue weighted by atomic mass is 10.1. The average molecular weight is 132 g/mol. The first-order valence-corrected chi connectivity index (χ1v) is 3.30. The van der Waals surface area contributed by atoms with Gasteiger partial charge in [-0.25, -0.2) is 0 Å². The zero-order valence-corrected chi connectivity index (χ0v) is 5.88. The Balaban J connectivity index is 3.06. The van der Waals surface area contributed by atoms with Crippen molar-refractivity contribution in [3.05, 3.63) is 0 Å². The third kappa shape index (κ3) is 5.76. The molecule has 0 aliphatic carbocycles. The van der Waals surface area contributed by atoms with E-state index >= 15 is 0 Å². The zero-order chi connectivity index (χ0) is 7.28. The Kier molecular flexibility index (Phi) is 4.67. The Labute approximate surface area is 56.0 Å². The summed E-state index contributed by atoms with van der Waals surface area (Å²) in [6, 6.07) is 0.172. The minimum absolute atomic E-state index is 0.172. The van der Waals surface area contributed by atoms with Gasteiger partial charge in [-0.3, -0.25) is 0 Å². The van der Waals surface area contributed by atoms with Crippen LogP contribution in [0.4, 0.5) is 0 Å². The summed E-state index contributed by atoms with van der Waals surface area (Å²) in [5, 5.41) is 8.93. The van der Waals surface area contributed by atoms with Gasteiger partial charge in [-0.15, -0.1) is 0 Å². The molecular weight excluding hydrogens is 116 g/mol. The van der Waals surface area contributed by atoms with Crippen molar-refractivity contribution in [2.45, 2.75) is 31.9 Å². The molecule has 3 nitrogen and oxygen atoms in total. The standard InChI is InChI=1S/C6H16N2O/c1-5(8)2-3-6(9)4-7/h5-6,9H,2-4,7-8H2,1H3/t5-,6?/m1/s1. The van der Waals surface area contributed by atoms with Gasteiger partial charge in [0.05, 0.1) is 6.10 Å². The van der Waals surface area contributed by atoms with Crippen molar-refractivity contribution in [1.82, 2.24) is 0 Å². The second kappa shape index (κ2) is 4.73. The molecule has 1 unspecified atom stereocenters. The molecule has 0 rings (SSSR count). The minimum Gasteiger partial charge on any atom is -0.392 e. The molecule has 0 aromatic rings. The Morgan fingerprint density at radius 2 is 2.00 bits per heavy atom. The normalized spacial score (nSPS) is 17.3. The molecule has 56 valence electrons. The second-order valence-electron chi connectivity index (χ2n) is 2.44. The lowest BCUT2D eigenvalue weighted by Gasteiger charge is -2.08. The van der Waals surface area contributed by atoms with Crippen LogP contribution in [0.5, 0.6) is 0 Å². The zero-order valence-electron chi connectivity index (χ0n) is 5.88. The molecule has 0 aromatic heterocycles. The number of hydrogen-bond donors (Lipinski definition) is 3. The van der Waals surface area contributed by atoms with E-state index in [2.05, 4.69) is 0 Å². The minimum atomic E-state index is -0.365. The molecule has 9 heavy (non-hydrogen) atoms. The number of aliphatic hydroxyl groups is 1. The molecule has 5 N–H and O–H groups in total. The van der Waals surface area contributed by atoms with Crippen LogP contribution in [0.3, 0.4) is 0 Å². The van der Waals surface area contributed by atoms with Crippen molar-refractivity contribution in [3.8, 4) is 0 Å². The molecular formula is C6H16N2O. The van der Waals surface area contributed by atoms with Crippen LogP contribution >= 0.6 is 0 Å². The quantitative estimate of drug-likeness (QED) is 0.480. The summed E-state index contributed by atoms with van der Waals surface area (Å²) in [5.74, 6) is 0. The van der Waals surface area contributed by atoms with E-state index in [0.29, 0.717) is 13.0 Å². The molecule has 0 aromatic carbocycles. The first-order valence-electron chi connectivity index (χ1n) is 3.30. The van der Waals surface area contributed by atoms with Crippen LogP contribution in [0.2, 0.25) is 0 Å². The smallest absolute Gasteiger partial charge is 0.0663 e. The summed E-state index contributed by atoms with van der Waals surface area (Å²) < 4.78 is 0. The lowest BCUT2D eigenvalue weighted by Crippen LogP contribution is -2.23. The fourth-order valence-corrected chi connectivity index (χ4v) is 0.573. The molecule has 0 aliphatic heterocycles. The Morgan fingerprint density at radius 3 is 2.33 bits per heavy atom. The van der Waals surface area contributed by atoms with E-state index in [0.717, 1.165) is 6.42 Å². The molecule has 0 saturated carbocycles. The topological polar surface area (TPSA) is 72.3 Å². The van der Waals surface area contributed by atoms with Crippen LogP contribution in [0.1, 0.15) is 19.8 Å². The molecule has 0 saturated heterocycles. The van der Waals surface area contributed by atoms with Gasteiger partial charge < -0.3 is 16.6 Å². The van der Waals surface area contributed by atoms with Gasteiger partial charge in [-0.2, -0.15) is 0 Å². The fraction of sp³-hybridized carbons (Fsp3) is 1.00. The number of aliphatic hydroxyl groups excluding tert-OH is 1. The maximum atomic E-state index is 8.93. The summed E-state index contributed by atoms with van der Waals surface area (Å²) in [5.41, 5.74) is 10.6. The van der Waals surface area contributed by atoms with E-state index in [1.54, 1.807) is 0 Å². The average Bonchev–Trinajstić information content (AvgIpc) is 1.83. The Bertz CT molecular complexity index is 66.1. The van der Waals surface area contributed by atoms with Gasteiger partial charge in [0.25, 0.3) is 0 Å². The predicted octanol–water partition coefficient (Wildman–Crippen LogP) is -0.567. The van der Waals surface area contributed by atoms with Crippen molar-refractivity contribution in [2.75, 3.05) is 6.54 Å². The van der Waals surface area contributed by atoms with Crippen molar-refractivity contribution in [2.24, 2.45) is 11.5 Å². The summed E-state index contributed by atoms with van der Waals surface area (Å²) in [6.45, 7) is 2.26. The summed E-state index contributed by atoms with van der Waals surface area (Å²) in [7, 11) is 0. The molecule has 3 heteroatoms.